The van der Waals surface area contributed by atoms with Gasteiger partial charge in [0.05, 0.1) is 25.9 Å². The molecule has 1 aromatic carbocycles. The van der Waals surface area contributed by atoms with Crippen LogP contribution < -0.4 is 10.6 Å². The van der Waals surface area contributed by atoms with Crippen LogP contribution in [-0.4, -0.2) is 27.1 Å². The second kappa shape index (κ2) is 7.69. The fraction of sp³-hybridized carbons (Fsp3) is 0. The van der Waals surface area contributed by atoms with Crippen LogP contribution in [0, 0.1) is 0 Å². The highest BCUT2D eigenvalue weighted by Gasteiger charge is 2.13. The molecular formula is C16H10Cl2N4O3S. The van der Waals surface area contributed by atoms with Crippen molar-refractivity contribution in [2.24, 2.45) is 0 Å². The number of thiophene rings is 1. The van der Waals surface area contributed by atoms with E-state index < -0.39 is 12.0 Å². The molecule has 0 fully saturated rings. The Morgan fingerprint density at radius 1 is 1.15 bits per heavy atom. The third kappa shape index (κ3) is 4.10. The van der Waals surface area contributed by atoms with Crippen molar-refractivity contribution in [2.75, 3.05) is 10.6 Å². The van der Waals surface area contributed by atoms with Crippen LogP contribution in [0.2, 0.25) is 10.0 Å². The molecule has 0 spiro atoms. The molecule has 2 aromatic heterocycles. The van der Waals surface area contributed by atoms with Crippen molar-refractivity contribution in [3.8, 4) is 0 Å². The molecule has 2 heterocycles. The minimum atomic E-state index is -1.05. The Kier molecular flexibility index (Phi) is 5.36. The van der Waals surface area contributed by atoms with Crippen LogP contribution in [0.25, 0.3) is 16.3 Å². The number of carboxylic acid groups (broad SMARTS) is 1. The summed E-state index contributed by atoms with van der Waals surface area (Å²) in [5, 5.41) is 14.5. The van der Waals surface area contributed by atoms with Gasteiger partial charge in [-0.3, -0.25) is 5.32 Å². The van der Waals surface area contributed by atoms with E-state index in [9.17, 15) is 9.59 Å². The first-order chi connectivity index (χ1) is 12.4. The lowest BCUT2D eigenvalue weighted by Crippen LogP contribution is -2.20. The maximum atomic E-state index is 12.3. The van der Waals surface area contributed by atoms with Crippen molar-refractivity contribution in [3.63, 3.8) is 0 Å². The molecule has 0 radical (unpaired) electrons. The van der Waals surface area contributed by atoms with Gasteiger partial charge in [0.15, 0.2) is 5.82 Å². The van der Waals surface area contributed by atoms with Gasteiger partial charge in [-0.05, 0) is 24.3 Å². The van der Waals surface area contributed by atoms with Gasteiger partial charge in [0.1, 0.15) is 6.33 Å². The van der Waals surface area contributed by atoms with Gasteiger partial charge in [-0.2, -0.15) is 0 Å². The summed E-state index contributed by atoms with van der Waals surface area (Å²) in [5.74, 6) is -0.765. The van der Waals surface area contributed by atoms with Crippen LogP contribution in [0.3, 0.4) is 0 Å². The lowest BCUT2D eigenvalue weighted by Gasteiger charge is -2.10. The van der Waals surface area contributed by atoms with Crippen LogP contribution in [0.4, 0.5) is 16.3 Å². The molecule has 7 nitrogen and oxygen atoms in total. The van der Waals surface area contributed by atoms with Crippen molar-refractivity contribution >= 4 is 74.3 Å². The van der Waals surface area contributed by atoms with Crippen molar-refractivity contribution in [2.45, 2.75) is 0 Å². The van der Waals surface area contributed by atoms with E-state index >= 15 is 0 Å². The number of halogens is 2. The highest BCUT2D eigenvalue weighted by molar-refractivity contribution is 7.20. The summed E-state index contributed by atoms with van der Waals surface area (Å²) in [7, 11) is 0. The second-order valence-electron chi connectivity index (χ2n) is 4.93. The maximum absolute atomic E-state index is 12.3. The Morgan fingerprint density at radius 2 is 1.88 bits per heavy atom. The summed E-state index contributed by atoms with van der Waals surface area (Å²) in [4.78, 5) is 31.7. The van der Waals surface area contributed by atoms with Crippen molar-refractivity contribution in [1.82, 2.24) is 9.97 Å². The number of hydrogen-bond donors (Lipinski definition) is 3. The fourth-order valence-corrected chi connectivity index (χ4v) is 3.52. The average Bonchev–Trinajstić information content (AvgIpc) is 3.01. The standard InChI is InChI=1S/C16H10Cl2N4O3S/c17-9-2-1-3-10(18)13(9)21-16(25)22-15-14-11(19-7-20-15)6-8(26-14)4-5-12(23)24/h1-7H,(H,23,24)(H2,19,20,21,22,25)/b5-4+. The van der Waals surface area contributed by atoms with Crippen LogP contribution >= 0.6 is 34.5 Å². The topological polar surface area (TPSA) is 104 Å². The number of anilines is 2. The zero-order chi connectivity index (χ0) is 18.7. The van der Waals surface area contributed by atoms with Crippen molar-refractivity contribution in [1.29, 1.82) is 0 Å². The zero-order valence-corrected chi connectivity index (χ0v) is 15.2. The number of nitrogens with one attached hydrogen (secondary N) is 2. The van der Waals surface area contributed by atoms with Gasteiger partial charge in [-0.25, -0.2) is 19.6 Å². The molecule has 0 atom stereocenters. The van der Waals surface area contributed by atoms with Gasteiger partial charge in [0.2, 0.25) is 0 Å². The monoisotopic (exact) mass is 408 g/mol. The molecule has 0 bridgehead atoms. The molecule has 0 aliphatic rings. The molecule has 3 aromatic rings. The molecule has 132 valence electrons. The number of benzene rings is 1. The van der Waals surface area contributed by atoms with Gasteiger partial charge < -0.3 is 10.4 Å². The minimum Gasteiger partial charge on any atom is -0.478 e. The number of carbonyl (C=O) groups excluding carboxylic acids is 1. The number of amides is 2. The molecular weight excluding hydrogens is 399 g/mol. The average molecular weight is 409 g/mol. The van der Waals surface area contributed by atoms with E-state index in [1.54, 1.807) is 24.3 Å². The molecule has 0 aliphatic heterocycles. The lowest BCUT2D eigenvalue weighted by molar-refractivity contribution is -0.131. The largest absolute Gasteiger partial charge is 0.478 e. The summed E-state index contributed by atoms with van der Waals surface area (Å²) in [6.07, 6.45) is 3.78. The molecule has 0 unspecified atom stereocenters. The highest BCUT2D eigenvalue weighted by Crippen LogP contribution is 2.32. The zero-order valence-electron chi connectivity index (χ0n) is 12.9. The molecule has 0 saturated carbocycles. The van der Waals surface area contributed by atoms with Crippen LogP contribution in [0.1, 0.15) is 4.88 Å². The molecule has 0 aliphatic carbocycles. The molecule has 3 N–H and O–H groups in total. The summed E-state index contributed by atoms with van der Waals surface area (Å²) in [5.41, 5.74) is 0.871. The SMILES string of the molecule is O=C(O)/C=C/c1cc2ncnc(NC(=O)Nc3c(Cl)cccc3Cl)c2s1. The predicted molar refractivity (Wildman–Crippen MR) is 103 cm³/mol. The Labute approximate surface area is 161 Å². The third-order valence-electron chi connectivity index (χ3n) is 3.15. The number of nitrogens with zero attached hydrogens (tertiary/aromatic N) is 2. The second-order valence-corrected chi connectivity index (χ2v) is 6.83. The number of fused-ring (bicyclic) bond motifs is 1. The number of aromatic nitrogens is 2. The number of para-hydroxylation sites is 1. The van der Waals surface area contributed by atoms with E-state index in [1.807, 2.05) is 0 Å². The van der Waals surface area contributed by atoms with Crippen molar-refractivity contribution in [3.05, 3.63) is 51.6 Å². The van der Waals surface area contributed by atoms with E-state index in [4.69, 9.17) is 28.3 Å². The Morgan fingerprint density at radius 3 is 2.58 bits per heavy atom. The van der Waals surface area contributed by atoms with Gasteiger partial charge in [-0.1, -0.05) is 29.3 Å². The number of urea groups is 1. The Hall–Kier alpha value is -2.68. The third-order valence-corrected chi connectivity index (χ3v) is 4.88. The summed E-state index contributed by atoms with van der Waals surface area (Å²) in [6.45, 7) is 0. The van der Waals surface area contributed by atoms with E-state index in [1.165, 1.54) is 23.7 Å². The number of carboxylic acids is 1. The summed E-state index contributed by atoms with van der Waals surface area (Å²) >= 11 is 13.3. The van der Waals surface area contributed by atoms with Gasteiger partial charge >= 0.3 is 12.0 Å². The Balaban J connectivity index is 1.84. The molecule has 0 saturated heterocycles. The van der Waals surface area contributed by atoms with E-state index in [0.717, 1.165) is 6.08 Å². The van der Waals surface area contributed by atoms with E-state index in [2.05, 4.69) is 20.6 Å². The van der Waals surface area contributed by atoms with Gasteiger partial charge in [0, 0.05) is 11.0 Å². The van der Waals surface area contributed by atoms with E-state index in [0.29, 0.717) is 25.1 Å². The number of rotatable bonds is 4. The number of hydrogen-bond acceptors (Lipinski definition) is 5. The summed E-state index contributed by atoms with van der Waals surface area (Å²) in [6, 6.07) is 6.00. The smallest absolute Gasteiger partial charge is 0.328 e. The predicted octanol–water partition coefficient (Wildman–Crippen LogP) is 4.74. The highest BCUT2D eigenvalue weighted by atomic mass is 35.5. The van der Waals surface area contributed by atoms with E-state index in [-0.39, 0.29) is 11.5 Å². The minimum absolute atomic E-state index is 0.287. The normalized spacial score (nSPS) is 11.0. The van der Waals surface area contributed by atoms with Crippen LogP contribution in [0.15, 0.2) is 36.7 Å². The van der Waals surface area contributed by atoms with Crippen LogP contribution in [-0.2, 0) is 4.79 Å². The quantitative estimate of drug-likeness (QED) is 0.540. The Bertz CT molecular complexity index is 1020. The van der Waals surface area contributed by atoms with Crippen LogP contribution in [0.5, 0.6) is 0 Å². The first-order valence-electron chi connectivity index (χ1n) is 7.11. The summed E-state index contributed by atoms with van der Waals surface area (Å²) < 4.78 is 0.609. The molecule has 2 amide bonds. The maximum Gasteiger partial charge on any atom is 0.328 e. The molecule has 10 heteroatoms. The first-order valence-corrected chi connectivity index (χ1v) is 8.69. The number of carbonyl (C=O) groups is 2. The molecule has 26 heavy (non-hydrogen) atoms. The molecule has 3 rings (SSSR count). The number of aliphatic carboxylic acids is 1. The van der Waals surface area contributed by atoms with Crippen molar-refractivity contribution < 1.29 is 14.7 Å². The van der Waals surface area contributed by atoms with Gasteiger partial charge in [0.25, 0.3) is 0 Å². The van der Waals surface area contributed by atoms with Gasteiger partial charge in [-0.15, -0.1) is 11.3 Å². The lowest BCUT2D eigenvalue weighted by atomic mass is 10.3. The first kappa shape index (κ1) is 18.1. The fourth-order valence-electron chi connectivity index (χ4n) is 2.07.